The van der Waals surface area contributed by atoms with Gasteiger partial charge in [0.05, 0.1) is 24.7 Å². The van der Waals surface area contributed by atoms with Crippen molar-refractivity contribution < 1.29 is 75.6 Å². The van der Waals surface area contributed by atoms with Crippen molar-refractivity contribution in [1.29, 1.82) is 0 Å². The number of aliphatic carboxylic acids is 1. The molecule has 4 fully saturated rings. The van der Waals surface area contributed by atoms with E-state index in [2.05, 4.69) is 0 Å². The van der Waals surface area contributed by atoms with E-state index in [0.717, 1.165) is 0 Å². The first kappa shape index (κ1) is 18.6. The zero-order valence-electron chi connectivity index (χ0n) is 13.6. The van der Waals surface area contributed by atoms with Gasteiger partial charge < -0.3 is 30.0 Å². The van der Waals surface area contributed by atoms with Crippen molar-refractivity contribution in [2.24, 2.45) is 11.1 Å². The Labute approximate surface area is 172 Å². The van der Waals surface area contributed by atoms with Crippen LogP contribution in [0.25, 0.3) is 0 Å². The second-order valence-corrected chi connectivity index (χ2v) is 7.54. The van der Waals surface area contributed by atoms with Crippen LogP contribution in [0.15, 0.2) is 0 Å². The Morgan fingerprint density at radius 2 is 1.86 bits per heavy atom. The summed E-state index contributed by atoms with van der Waals surface area (Å²) in [6.07, 6.45) is 0.304. The predicted molar refractivity (Wildman–Crippen MR) is 70.1 cm³/mol. The summed E-state index contributed by atoms with van der Waals surface area (Å²) in [7, 11) is 0. The smallest absolute Gasteiger partial charge is 0.549 e. The van der Waals surface area contributed by atoms with E-state index in [1.807, 2.05) is 0 Å². The van der Waals surface area contributed by atoms with Gasteiger partial charge in [-0.1, -0.05) is 0 Å². The zero-order chi connectivity index (χ0) is 15.7. The van der Waals surface area contributed by atoms with Gasteiger partial charge in [0.25, 0.3) is 0 Å². The van der Waals surface area contributed by atoms with E-state index in [0.29, 0.717) is 12.8 Å². The minimum absolute atomic E-state index is 0. The fraction of sp³-hybridized carbons (Fsp3) is 0.857. The quantitative estimate of drug-likeness (QED) is 0.519. The van der Waals surface area contributed by atoms with Gasteiger partial charge >= 0.3 is 57.5 Å². The molecule has 22 heavy (non-hydrogen) atoms. The van der Waals surface area contributed by atoms with Crippen molar-refractivity contribution >= 4 is 12.1 Å². The van der Waals surface area contributed by atoms with Crippen LogP contribution in [0.5, 0.6) is 0 Å². The molecule has 2 bridgehead atoms. The molecule has 3 heterocycles. The summed E-state index contributed by atoms with van der Waals surface area (Å²) in [5.41, 5.74) is 2.70. The Bertz CT molecular complexity index is 504. The average Bonchev–Trinajstić information content (AvgIpc) is 2.70. The molecule has 1 saturated carbocycles. The normalized spacial score (nSPS) is 34.5. The number of carbonyl (C=O) groups is 2. The number of hydrogen-bond acceptors (Lipinski definition) is 6. The van der Waals surface area contributed by atoms with Crippen molar-refractivity contribution in [2.75, 3.05) is 19.6 Å². The van der Waals surface area contributed by atoms with E-state index in [-0.39, 0.29) is 71.0 Å². The van der Waals surface area contributed by atoms with Crippen LogP contribution >= 0.6 is 0 Å². The molecule has 4 rings (SSSR count). The third-order valence-electron chi connectivity index (χ3n) is 4.84. The molecule has 0 atom stereocenters. The van der Waals surface area contributed by atoms with Crippen LogP contribution in [-0.2, 0) is 14.3 Å². The van der Waals surface area contributed by atoms with Crippen LogP contribution in [0.2, 0.25) is 0 Å². The molecule has 7 nitrogen and oxygen atoms in total. The maximum absolute atomic E-state index is 12.0. The van der Waals surface area contributed by atoms with Crippen LogP contribution in [0, 0.1) is 5.41 Å². The number of amides is 1. The topological polar surface area (TPSA) is 105 Å². The standard InChI is InChI=1S/C14H22N2O5.K/c1-11(2,3)20-10(19)16-7-14(8-16)13(9(17)18)4-12(5-13,6-15)21-14;/h4-8,15H2,1-3H3,(H,17,18);/q;+1/p-1. The minimum Gasteiger partial charge on any atom is -0.549 e. The Morgan fingerprint density at radius 1 is 1.32 bits per heavy atom. The molecule has 4 aliphatic rings. The molecule has 0 radical (unpaired) electrons. The van der Waals surface area contributed by atoms with Crippen LogP contribution in [0.1, 0.15) is 33.6 Å². The van der Waals surface area contributed by atoms with Crippen molar-refractivity contribution in [3.63, 3.8) is 0 Å². The van der Waals surface area contributed by atoms with Crippen molar-refractivity contribution in [3.05, 3.63) is 0 Å². The molecule has 3 aliphatic heterocycles. The third-order valence-corrected chi connectivity index (χ3v) is 4.84. The zero-order valence-corrected chi connectivity index (χ0v) is 16.7. The minimum atomic E-state index is -1.10. The first-order valence-electron chi connectivity index (χ1n) is 7.17. The van der Waals surface area contributed by atoms with Gasteiger partial charge in [-0.05, 0) is 33.6 Å². The number of ether oxygens (including phenoxy) is 2. The molecule has 0 aromatic heterocycles. The summed E-state index contributed by atoms with van der Waals surface area (Å²) in [6, 6.07) is 0. The molecular formula is C14H21KN2O5. The number of carboxylic acid groups (broad SMARTS) is 1. The second-order valence-electron chi connectivity index (χ2n) is 7.54. The van der Waals surface area contributed by atoms with E-state index in [1.54, 1.807) is 20.8 Å². The van der Waals surface area contributed by atoms with Crippen LogP contribution < -0.4 is 62.2 Å². The third kappa shape index (κ3) is 2.47. The van der Waals surface area contributed by atoms with Gasteiger partial charge in [-0.25, -0.2) is 4.79 Å². The van der Waals surface area contributed by atoms with Crippen molar-refractivity contribution in [3.8, 4) is 0 Å². The van der Waals surface area contributed by atoms with Gasteiger partial charge in [0.15, 0.2) is 0 Å². The fourth-order valence-corrected chi connectivity index (χ4v) is 3.86. The summed E-state index contributed by atoms with van der Waals surface area (Å²) in [6.45, 7) is 6.09. The maximum atomic E-state index is 12.0. The van der Waals surface area contributed by atoms with Crippen molar-refractivity contribution in [2.45, 2.75) is 50.4 Å². The Kier molecular flexibility index (Phi) is 4.58. The first-order valence-corrected chi connectivity index (χ1v) is 7.17. The summed E-state index contributed by atoms with van der Waals surface area (Å²) >= 11 is 0. The Balaban J connectivity index is 0.00000176. The monoisotopic (exact) mass is 336 g/mol. The Hall–Kier alpha value is 0.296. The average molecular weight is 336 g/mol. The van der Waals surface area contributed by atoms with E-state index in [9.17, 15) is 14.7 Å². The molecule has 0 unspecified atom stereocenters. The van der Waals surface area contributed by atoms with Gasteiger partial charge in [-0.15, -0.1) is 0 Å². The maximum Gasteiger partial charge on any atom is 1.00 e. The molecule has 3 saturated heterocycles. The summed E-state index contributed by atoms with van der Waals surface area (Å²) in [5, 5.41) is 11.6. The molecule has 1 amide bonds. The number of nitrogens with zero attached hydrogens (tertiary/aromatic N) is 1. The fourth-order valence-electron chi connectivity index (χ4n) is 3.86. The molecule has 8 heteroatoms. The summed E-state index contributed by atoms with van der Waals surface area (Å²) in [4.78, 5) is 25.0. The number of carboxylic acids is 1. The SMILES string of the molecule is CC(C)(C)OC(=O)N1CC2(C1)OC1(CN)CC2(C(=O)[O-])C1.[K+]. The number of hydrogen-bond donors (Lipinski definition) is 1. The van der Waals surface area contributed by atoms with E-state index in [1.165, 1.54) is 4.90 Å². The molecule has 1 spiro atoms. The molecule has 118 valence electrons. The molecule has 0 aromatic carbocycles. The second kappa shape index (κ2) is 5.40. The van der Waals surface area contributed by atoms with Gasteiger partial charge in [0, 0.05) is 12.0 Å². The van der Waals surface area contributed by atoms with Crippen LogP contribution in [-0.4, -0.2) is 53.4 Å². The molecule has 1 aliphatic carbocycles. The van der Waals surface area contributed by atoms with Gasteiger partial charge in [-0.3, -0.25) is 0 Å². The van der Waals surface area contributed by atoms with Gasteiger partial charge in [0.1, 0.15) is 11.2 Å². The number of rotatable bonds is 2. The number of carbonyl (C=O) groups excluding carboxylic acids is 2. The van der Waals surface area contributed by atoms with Gasteiger partial charge in [-0.2, -0.15) is 0 Å². The van der Waals surface area contributed by atoms with E-state index in [4.69, 9.17) is 15.2 Å². The molecule has 0 aromatic rings. The van der Waals surface area contributed by atoms with E-state index >= 15 is 0 Å². The Morgan fingerprint density at radius 3 is 2.27 bits per heavy atom. The van der Waals surface area contributed by atoms with Crippen LogP contribution in [0.4, 0.5) is 4.79 Å². The number of nitrogens with two attached hydrogens (primary N) is 1. The van der Waals surface area contributed by atoms with E-state index < -0.39 is 34.3 Å². The predicted octanol–water partition coefficient (Wildman–Crippen LogP) is -3.76. The van der Waals surface area contributed by atoms with Crippen molar-refractivity contribution in [1.82, 2.24) is 4.90 Å². The summed E-state index contributed by atoms with van der Waals surface area (Å²) in [5.74, 6) is -1.10. The first-order chi connectivity index (χ1) is 9.57. The van der Waals surface area contributed by atoms with Crippen LogP contribution in [0.3, 0.4) is 0 Å². The molecule has 2 N–H and O–H groups in total. The largest absolute Gasteiger partial charge is 1.00 e. The molecular weight excluding hydrogens is 315 g/mol. The van der Waals surface area contributed by atoms with Gasteiger partial charge in [0.2, 0.25) is 0 Å². The number of likely N-dealkylation sites (tertiary alicyclic amines) is 1. The summed E-state index contributed by atoms with van der Waals surface area (Å²) < 4.78 is 11.3.